The zero-order valence-electron chi connectivity index (χ0n) is 12.8. The topological polar surface area (TPSA) is 60.9 Å². The van der Waals surface area contributed by atoms with E-state index >= 15 is 0 Å². The van der Waals surface area contributed by atoms with Crippen molar-refractivity contribution in [3.63, 3.8) is 0 Å². The Kier molecular flexibility index (Phi) is 6.36. The summed E-state index contributed by atoms with van der Waals surface area (Å²) in [4.78, 5) is 26.6. The fourth-order valence-electron chi connectivity index (χ4n) is 2.62. The number of nitrogens with zero attached hydrogens (tertiary/aromatic N) is 2. The van der Waals surface area contributed by atoms with Gasteiger partial charge in [-0.25, -0.2) is 4.39 Å². The molecule has 1 aromatic carbocycles. The summed E-state index contributed by atoms with van der Waals surface area (Å²) < 4.78 is 13.8. The molecule has 5 nitrogen and oxygen atoms in total. The third-order valence-corrected chi connectivity index (χ3v) is 4.17. The van der Waals surface area contributed by atoms with Crippen molar-refractivity contribution in [2.45, 2.75) is 19.3 Å². The maximum Gasteiger partial charge on any atom is 0.303 e. The molecule has 1 heterocycles. The van der Waals surface area contributed by atoms with E-state index < -0.39 is 11.8 Å². The van der Waals surface area contributed by atoms with Crippen LogP contribution in [0.3, 0.4) is 0 Å². The molecule has 0 atom stereocenters. The van der Waals surface area contributed by atoms with Gasteiger partial charge in [-0.15, -0.1) is 0 Å². The maximum absolute atomic E-state index is 13.8. The lowest BCUT2D eigenvalue weighted by Gasteiger charge is -2.34. The molecule has 126 valence electrons. The van der Waals surface area contributed by atoms with Crippen molar-refractivity contribution in [1.82, 2.24) is 9.80 Å². The van der Waals surface area contributed by atoms with E-state index in [1.165, 1.54) is 12.1 Å². The Morgan fingerprint density at radius 3 is 2.48 bits per heavy atom. The number of amides is 1. The zero-order chi connectivity index (χ0) is 16.8. The summed E-state index contributed by atoms with van der Waals surface area (Å²) in [6, 6.07) is 4.07. The van der Waals surface area contributed by atoms with Crippen LogP contribution in [0.25, 0.3) is 0 Å². The largest absolute Gasteiger partial charge is 0.481 e. The Hall–Kier alpha value is -1.66. The maximum atomic E-state index is 13.8. The van der Waals surface area contributed by atoms with Gasteiger partial charge in [-0.1, -0.05) is 11.6 Å². The minimum atomic E-state index is -0.773. The number of hydrogen-bond acceptors (Lipinski definition) is 3. The van der Waals surface area contributed by atoms with Gasteiger partial charge in [0.2, 0.25) is 0 Å². The SMILES string of the molecule is O=C(O)CCCCN1CCN(C(=O)c2ccc(Cl)cc2F)CC1. The van der Waals surface area contributed by atoms with Crippen LogP contribution in [0.5, 0.6) is 0 Å². The van der Waals surface area contributed by atoms with Gasteiger partial charge in [0.05, 0.1) is 5.56 Å². The number of benzene rings is 1. The summed E-state index contributed by atoms with van der Waals surface area (Å²) in [5.41, 5.74) is 0.0457. The Morgan fingerprint density at radius 2 is 1.87 bits per heavy atom. The molecular formula is C16H20ClFN2O3. The van der Waals surface area contributed by atoms with Crippen molar-refractivity contribution < 1.29 is 19.1 Å². The Morgan fingerprint density at radius 1 is 1.17 bits per heavy atom. The average Bonchev–Trinajstić information content (AvgIpc) is 2.51. The summed E-state index contributed by atoms with van der Waals surface area (Å²) in [5, 5.41) is 8.87. The molecule has 0 unspecified atom stereocenters. The number of unbranched alkanes of at least 4 members (excludes halogenated alkanes) is 1. The van der Waals surface area contributed by atoms with Crippen LogP contribution < -0.4 is 0 Å². The second kappa shape index (κ2) is 8.26. The Bertz CT molecular complexity index is 574. The highest BCUT2D eigenvalue weighted by atomic mass is 35.5. The van der Waals surface area contributed by atoms with Gasteiger partial charge in [-0.3, -0.25) is 14.5 Å². The van der Waals surface area contributed by atoms with Crippen molar-refractivity contribution in [2.24, 2.45) is 0 Å². The van der Waals surface area contributed by atoms with Crippen LogP contribution in [0, 0.1) is 5.82 Å². The second-order valence-corrected chi connectivity index (χ2v) is 6.05. The van der Waals surface area contributed by atoms with Crippen LogP contribution in [-0.2, 0) is 4.79 Å². The van der Waals surface area contributed by atoms with Crippen molar-refractivity contribution in [1.29, 1.82) is 0 Å². The monoisotopic (exact) mass is 342 g/mol. The van der Waals surface area contributed by atoms with Crippen LogP contribution in [0.1, 0.15) is 29.6 Å². The van der Waals surface area contributed by atoms with Crippen molar-refractivity contribution in [3.05, 3.63) is 34.6 Å². The van der Waals surface area contributed by atoms with E-state index in [0.29, 0.717) is 32.6 Å². The van der Waals surface area contributed by atoms with Gasteiger partial charge in [-0.2, -0.15) is 0 Å². The lowest BCUT2D eigenvalue weighted by atomic mass is 10.1. The van der Waals surface area contributed by atoms with E-state index in [9.17, 15) is 14.0 Å². The molecule has 0 saturated carbocycles. The fraction of sp³-hybridized carbons (Fsp3) is 0.500. The molecule has 2 rings (SSSR count). The summed E-state index contributed by atoms with van der Waals surface area (Å²) in [6.07, 6.45) is 1.67. The molecule has 0 spiro atoms. The molecule has 0 aliphatic carbocycles. The predicted molar refractivity (Wildman–Crippen MR) is 85.2 cm³/mol. The van der Waals surface area contributed by atoms with E-state index in [1.54, 1.807) is 4.90 Å². The third kappa shape index (κ3) is 5.18. The van der Waals surface area contributed by atoms with Crippen molar-refractivity contribution in [3.8, 4) is 0 Å². The Balaban J connectivity index is 1.79. The van der Waals surface area contributed by atoms with Gasteiger partial charge in [0.25, 0.3) is 5.91 Å². The molecule has 1 amide bonds. The molecule has 1 fully saturated rings. The van der Waals surface area contributed by atoms with Crippen molar-refractivity contribution >= 4 is 23.5 Å². The number of rotatable bonds is 6. The van der Waals surface area contributed by atoms with E-state index in [0.717, 1.165) is 19.0 Å². The number of carboxylic acid groups (broad SMARTS) is 1. The summed E-state index contributed by atoms with van der Waals surface area (Å²) in [6.45, 7) is 3.34. The molecule has 1 aliphatic rings. The first-order valence-electron chi connectivity index (χ1n) is 7.66. The molecule has 1 aromatic rings. The first kappa shape index (κ1) is 17.7. The third-order valence-electron chi connectivity index (χ3n) is 3.94. The molecule has 1 aliphatic heterocycles. The second-order valence-electron chi connectivity index (χ2n) is 5.61. The molecule has 1 saturated heterocycles. The van der Waals surface area contributed by atoms with E-state index in [1.807, 2.05) is 0 Å². The molecule has 7 heteroatoms. The smallest absolute Gasteiger partial charge is 0.303 e. The first-order valence-corrected chi connectivity index (χ1v) is 8.03. The number of hydrogen-bond donors (Lipinski definition) is 1. The molecular weight excluding hydrogens is 323 g/mol. The van der Waals surface area contributed by atoms with Gasteiger partial charge in [-0.05, 0) is 37.6 Å². The molecule has 0 bridgehead atoms. The molecule has 23 heavy (non-hydrogen) atoms. The minimum Gasteiger partial charge on any atom is -0.481 e. The van der Waals surface area contributed by atoms with Gasteiger partial charge in [0.1, 0.15) is 5.82 Å². The quantitative estimate of drug-likeness (QED) is 0.807. The number of carbonyl (C=O) groups is 2. The van der Waals surface area contributed by atoms with Gasteiger partial charge < -0.3 is 10.0 Å². The van der Waals surface area contributed by atoms with Crippen LogP contribution in [0.4, 0.5) is 4.39 Å². The lowest BCUT2D eigenvalue weighted by Crippen LogP contribution is -2.49. The summed E-state index contributed by atoms with van der Waals surface area (Å²) >= 11 is 5.70. The van der Waals surface area contributed by atoms with Gasteiger partial charge in [0, 0.05) is 37.6 Å². The highest BCUT2D eigenvalue weighted by molar-refractivity contribution is 6.30. The highest BCUT2D eigenvalue weighted by Crippen LogP contribution is 2.17. The van der Waals surface area contributed by atoms with Crippen LogP contribution in [-0.4, -0.2) is 59.5 Å². The fourth-order valence-corrected chi connectivity index (χ4v) is 2.78. The van der Waals surface area contributed by atoms with Crippen LogP contribution in [0.2, 0.25) is 5.02 Å². The van der Waals surface area contributed by atoms with Crippen LogP contribution >= 0.6 is 11.6 Å². The normalized spacial score (nSPS) is 15.7. The van der Waals surface area contributed by atoms with Crippen molar-refractivity contribution in [2.75, 3.05) is 32.7 Å². The van der Waals surface area contributed by atoms with Gasteiger partial charge >= 0.3 is 5.97 Å². The van der Waals surface area contributed by atoms with E-state index in [4.69, 9.17) is 16.7 Å². The molecule has 1 N–H and O–H groups in total. The Labute approximate surface area is 139 Å². The number of piperazine rings is 1. The molecule has 0 radical (unpaired) electrons. The average molecular weight is 343 g/mol. The highest BCUT2D eigenvalue weighted by Gasteiger charge is 2.23. The summed E-state index contributed by atoms with van der Waals surface area (Å²) in [5.74, 6) is -1.69. The minimum absolute atomic E-state index is 0.0457. The van der Waals surface area contributed by atoms with E-state index in [2.05, 4.69) is 4.90 Å². The summed E-state index contributed by atoms with van der Waals surface area (Å²) in [7, 11) is 0. The van der Waals surface area contributed by atoms with E-state index in [-0.39, 0.29) is 22.9 Å². The zero-order valence-corrected chi connectivity index (χ0v) is 13.6. The van der Waals surface area contributed by atoms with Gasteiger partial charge in [0.15, 0.2) is 0 Å². The number of carbonyl (C=O) groups excluding carboxylic acids is 1. The standard InChI is InChI=1S/C16H20ClFN2O3/c17-12-4-5-13(14(18)11-12)16(23)20-9-7-19(8-10-20)6-2-1-3-15(21)22/h4-5,11H,1-3,6-10H2,(H,21,22). The first-order chi connectivity index (χ1) is 11.0. The molecule has 0 aromatic heterocycles. The number of aliphatic carboxylic acids is 1. The lowest BCUT2D eigenvalue weighted by molar-refractivity contribution is -0.137. The van der Waals surface area contributed by atoms with Crippen LogP contribution in [0.15, 0.2) is 18.2 Å². The predicted octanol–water partition coefficient (Wildman–Crippen LogP) is 2.49. The number of carboxylic acids is 1. The number of halogens is 2.